The third-order valence-electron chi connectivity index (χ3n) is 2.85. The average Bonchev–Trinajstić information content (AvgIpc) is 2.37. The molecule has 1 unspecified atom stereocenters. The molecule has 0 radical (unpaired) electrons. The molecule has 0 saturated heterocycles. The second-order valence-electron chi connectivity index (χ2n) is 4.46. The largest absolute Gasteiger partial charge is 0.478 e. The molecule has 1 aromatic carbocycles. The van der Waals surface area contributed by atoms with E-state index in [4.69, 9.17) is 9.84 Å². The van der Waals surface area contributed by atoms with Gasteiger partial charge in [-0.1, -0.05) is 0 Å². The van der Waals surface area contributed by atoms with E-state index in [2.05, 4.69) is 15.9 Å². The van der Waals surface area contributed by atoms with Gasteiger partial charge < -0.3 is 9.84 Å². The van der Waals surface area contributed by atoms with Gasteiger partial charge in [-0.25, -0.2) is 9.18 Å². The molecule has 0 bridgehead atoms. The molecule has 3 nitrogen and oxygen atoms in total. The number of hydrogen-bond donors (Lipinski definition) is 1. The van der Waals surface area contributed by atoms with Crippen LogP contribution in [-0.4, -0.2) is 29.8 Å². The third kappa shape index (κ3) is 2.54. The summed E-state index contributed by atoms with van der Waals surface area (Å²) < 4.78 is 45.0. The molecule has 0 spiro atoms. The van der Waals surface area contributed by atoms with E-state index in [1.54, 1.807) is 19.1 Å². The first-order chi connectivity index (χ1) is 9.26. The Hall–Kier alpha value is -1.50. The van der Waals surface area contributed by atoms with E-state index in [0.717, 1.165) is 11.6 Å². The number of ether oxygens (including phenoxy) is 1. The van der Waals surface area contributed by atoms with Crippen molar-refractivity contribution in [1.82, 2.24) is 0 Å². The number of carboxylic acids is 1. The summed E-state index contributed by atoms with van der Waals surface area (Å²) in [6.45, 7) is -0.233. The predicted octanol–water partition coefficient (Wildman–Crippen LogP) is 3.59. The maximum atomic E-state index is 13.5. The van der Waals surface area contributed by atoms with E-state index in [9.17, 15) is 18.0 Å². The molecule has 108 valence electrons. The Labute approximate surface area is 121 Å². The molecule has 0 aromatic heterocycles. The molecule has 1 N–H and O–H groups in total. The highest BCUT2D eigenvalue weighted by molar-refractivity contribution is 9.10. The number of rotatable bonds is 3. The molecule has 1 aliphatic rings. The fourth-order valence-corrected chi connectivity index (χ4v) is 2.65. The SMILES string of the molecule is Cc1cc(Br)c2c(c1)C=C(C(=O)O)C(C(F)(F)CF)O2. The number of halogens is 4. The Morgan fingerprint density at radius 3 is 2.70 bits per heavy atom. The van der Waals surface area contributed by atoms with Crippen molar-refractivity contribution in [3.63, 3.8) is 0 Å². The molecule has 1 aliphatic heterocycles. The Kier molecular flexibility index (Phi) is 3.82. The van der Waals surface area contributed by atoms with Crippen LogP contribution in [0.15, 0.2) is 22.2 Å². The summed E-state index contributed by atoms with van der Waals surface area (Å²) in [6.07, 6.45) is -1.07. The molecule has 1 aromatic rings. The molecule has 0 amide bonds. The number of fused-ring (bicyclic) bond motifs is 1. The predicted molar refractivity (Wildman–Crippen MR) is 69.8 cm³/mol. The van der Waals surface area contributed by atoms with Crippen molar-refractivity contribution >= 4 is 28.0 Å². The molecule has 1 heterocycles. The van der Waals surface area contributed by atoms with Crippen molar-refractivity contribution in [2.24, 2.45) is 0 Å². The van der Waals surface area contributed by atoms with E-state index in [1.807, 2.05) is 0 Å². The summed E-state index contributed by atoms with van der Waals surface area (Å²) in [4.78, 5) is 11.1. The zero-order valence-electron chi connectivity index (χ0n) is 10.3. The van der Waals surface area contributed by atoms with Gasteiger partial charge in [0.15, 0.2) is 12.8 Å². The van der Waals surface area contributed by atoms with Crippen LogP contribution in [0.2, 0.25) is 0 Å². The summed E-state index contributed by atoms with van der Waals surface area (Å²) in [7, 11) is 0. The van der Waals surface area contributed by atoms with Crippen molar-refractivity contribution in [2.45, 2.75) is 19.0 Å². The number of aryl methyl sites for hydroxylation is 1. The van der Waals surface area contributed by atoms with Gasteiger partial charge in [0.1, 0.15) is 5.75 Å². The second kappa shape index (κ2) is 5.12. The summed E-state index contributed by atoms with van der Waals surface area (Å²) in [6, 6.07) is 3.25. The molecule has 1 atom stereocenters. The summed E-state index contributed by atoms with van der Waals surface area (Å²) in [5.41, 5.74) is 0.494. The Morgan fingerprint density at radius 1 is 1.50 bits per heavy atom. The molecular formula is C13H10BrF3O3. The highest BCUT2D eigenvalue weighted by atomic mass is 79.9. The standard InChI is InChI=1S/C13H10BrF3O3/c1-6-2-7-4-8(12(18)19)11(13(16,17)5-15)20-10(7)9(14)3-6/h2-4,11H,5H2,1H3,(H,18,19). The van der Waals surface area contributed by atoms with Crippen molar-refractivity contribution in [1.29, 1.82) is 0 Å². The molecule has 0 saturated carbocycles. The van der Waals surface area contributed by atoms with E-state index in [-0.39, 0.29) is 5.75 Å². The van der Waals surface area contributed by atoms with Crippen LogP contribution in [0.4, 0.5) is 13.2 Å². The van der Waals surface area contributed by atoms with Gasteiger partial charge >= 0.3 is 11.9 Å². The first-order valence-electron chi connectivity index (χ1n) is 5.61. The lowest BCUT2D eigenvalue weighted by Crippen LogP contribution is -2.44. The van der Waals surface area contributed by atoms with Crippen LogP contribution in [0.25, 0.3) is 6.08 Å². The Morgan fingerprint density at radius 2 is 2.15 bits per heavy atom. The van der Waals surface area contributed by atoms with E-state index < -0.39 is 30.2 Å². The van der Waals surface area contributed by atoms with Crippen LogP contribution < -0.4 is 4.74 Å². The van der Waals surface area contributed by atoms with Gasteiger partial charge in [0.05, 0.1) is 10.0 Å². The number of carbonyl (C=O) groups is 1. The van der Waals surface area contributed by atoms with Crippen LogP contribution >= 0.6 is 15.9 Å². The van der Waals surface area contributed by atoms with Gasteiger partial charge in [-0.3, -0.25) is 0 Å². The average molecular weight is 351 g/mol. The molecule has 7 heteroatoms. The number of hydrogen-bond acceptors (Lipinski definition) is 2. The van der Waals surface area contributed by atoms with Crippen molar-refractivity contribution in [3.8, 4) is 5.75 Å². The zero-order valence-corrected chi connectivity index (χ0v) is 11.9. The fourth-order valence-electron chi connectivity index (χ4n) is 1.97. The van der Waals surface area contributed by atoms with Gasteiger partial charge in [-0.05, 0) is 46.6 Å². The molecule has 0 fully saturated rings. The molecule has 20 heavy (non-hydrogen) atoms. The normalized spacial score (nSPS) is 18.1. The highest BCUT2D eigenvalue weighted by Crippen LogP contribution is 2.41. The van der Waals surface area contributed by atoms with E-state index >= 15 is 0 Å². The lowest BCUT2D eigenvalue weighted by Gasteiger charge is -2.30. The minimum absolute atomic E-state index is 0.0822. The summed E-state index contributed by atoms with van der Waals surface area (Å²) in [5, 5.41) is 9.02. The van der Waals surface area contributed by atoms with Crippen molar-refractivity contribution in [3.05, 3.63) is 33.3 Å². The van der Waals surface area contributed by atoms with Crippen LogP contribution in [0.1, 0.15) is 11.1 Å². The quantitative estimate of drug-likeness (QED) is 0.905. The number of aliphatic carboxylic acids is 1. The Balaban J connectivity index is 2.59. The van der Waals surface area contributed by atoms with Gasteiger partial charge in [0.25, 0.3) is 0 Å². The van der Waals surface area contributed by atoms with Gasteiger partial charge in [-0.15, -0.1) is 0 Å². The minimum atomic E-state index is -3.91. The second-order valence-corrected chi connectivity index (χ2v) is 5.32. The van der Waals surface area contributed by atoms with Crippen LogP contribution in [0, 0.1) is 6.92 Å². The fraction of sp³-hybridized carbons (Fsp3) is 0.308. The van der Waals surface area contributed by atoms with Crippen LogP contribution in [-0.2, 0) is 4.79 Å². The monoisotopic (exact) mass is 350 g/mol. The van der Waals surface area contributed by atoms with Crippen molar-refractivity contribution < 1.29 is 27.8 Å². The van der Waals surface area contributed by atoms with E-state index in [0.29, 0.717) is 10.0 Å². The molecular weight excluding hydrogens is 341 g/mol. The zero-order chi connectivity index (χ0) is 15.1. The topological polar surface area (TPSA) is 46.5 Å². The van der Waals surface area contributed by atoms with Gasteiger partial charge in [-0.2, -0.15) is 8.78 Å². The maximum absolute atomic E-state index is 13.5. The first-order valence-corrected chi connectivity index (χ1v) is 6.41. The summed E-state index contributed by atoms with van der Waals surface area (Å²) >= 11 is 3.17. The molecule has 0 aliphatic carbocycles. The van der Waals surface area contributed by atoms with Crippen LogP contribution in [0.5, 0.6) is 5.75 Å². The van der Waals surface area contributed by atoms with Crippen molar-refractivity contribution in [2.75, 3.05) is 6.67 Å². The first kappa shape index (κ1) is 14.9. The number of carboxylic acid groups (broad SMARTS) is 1. The molecule has 2 rings (SSSR count). The number of benzene rings is 1. The van der Waals surface area contributed by atoms with Crippen LogP contribution in [0.3, 0.4) is 0 Å². The number of alkyl halides is 3. The summed E-state index contributed by atoms with van der Waals surface area (Å²) in [5.74, 6) is -5.39. The Bertz CT molecular complexity index is 599. The lowest BCUT2D eigenvalue weighted by molar-refractivity contribution is -0.139. The lowest BCUT2D eigenvalue weighted by atomic mass is 9.97. The smallest absolute Gasteiger partial charge is 0.335 e. The highest BCUT2D eigenvalue weighted by Gasteiger charge is 2.48. The third-order valence-corrected chi connectivity index (χ3v) is 3.44. The van der Waals surface area contributed by atoms with E-state index in [1.165, 1.54) is 0 Å². The maximum Gasteiger partial charge on any atom is 0.335 e. The van der Waals surface area contributed by atoms with Gasteiger partial charge in [0.2, 0.25) is 0 Å². The van der Waals surface area contributed by atoms with Gasteiger partial charge in [0, 0.05) is 5.56 Å². The minimum Gasteiger partial charge on any atom is -0.478 e.